The number of para-hydroxylation sites is 1. The van der Waals surface area contributed by atoms with Crippen molar-refractivity contribution in [3.05, 3.63) is 102 Å². The van der Waals surface area contributed by atoms with Gasteiger partial charge >= 0.3 is 0 Å². The first kappa shape index (κ1) is 18.5. The van der Waals surface area contributed by atoms with Crippen LogP contribution in [0.3, 0.4) is 0 Å². The third kappa shape index (κ3) is 4.52. The molecular formula is C24H20N2O3. The summed E-state index contributed by atoms with van der Waals surface area (Å²) >= 11 is 0. The van der Waals surface area contributed by atoms with Crippen molar-refractivity contribution in [2.24, 2.45) is 0 Å². The second kappa shape index (κ2) is 8.44. The lowest BCUT2D eigenvalue weighted by atomic mass is 10.1. The first-order valence-corrected chi connectivity index (χ1v) is 9.31. The maximum atomic E-state index is 12.6. The molecule has 1 aromatic heterocycles. The van der Waals surface area contributed by atoms with Crippen molar-refractivity contribution >= 4 is 5.91 Å². The zero-order valence-corrected chi connectivity index (χ0v) is 16.0. The van der Waals surface area contributed by atoms with Crippen LogP contribution < -0.4 is 10.1 Å². The summed E-state index contributed by atoms with van der Waals surface area (Å²) in [5.41, 5.74) is 3.34. The van der Waals surface area contributed by atoms with Crippen molar-refractivity contribution in [1.29, 1.82) is 0 Å². The Balaban J connectivity index is 1.39. The molecule has 144 valence electrons. The van der Waals surface area contributed by atoms with E-state index in [1.165, 1.54) is 6.20 Å². The van der Waals surface area contributed by atoms with Gasteiger partial charge in [0, 0.05) is 12.1 Å². The van der Waals surface area contributed by atoms with Gasteiger partial charge in [-0.3, -0.25) is 4.79 Å². The predicted molar refractivity (Wildman–Crippen MR) is 111 cm³/mol. The van der Waals surface area contributed by atoms with Gasteiger partial charge < -0.3 is 14.6 Å². The van der Waals surface area contributed by atoms with Crippen LogP contribution >= 0.6 is 0 Å². The fraction of sp³-hybridized carbons (Fsp3) is 0.0833. The molecule has 5 heteroatoms. The molecule has 0 aliphatic rings. The lowest BCUT2D eigenvalue weighted by Crippen LogP contribution is -2.22. The molecule has 29 heavy (non-hydrogen) atoms. The molecule has 5 nitrogen and oxygen atoms in total. The van der Waals surface area contributed by atoms with Gasteiger partial charge in [0.1, 0.15) is 17.1 Å². The number of aryl methyl sites for hydroxylation is 1. The van der Waals surface area contributed by atoms with Gasteiger partial charge in [-0.25, -0.2) is 0 Å². The largest absolute Gasteiger partial charge is 0.457 e. The molecule has 1 heterocycles. The van der Waals surface area contributed by atoms with Crippen LogP contribution in [0.2, 0.25) is 0 Å². The molecule has 0 aliphatic heterocycles. The summed E-state index contributed by atoms with van der Waals surface area (Å²) in [5.74, 6) is 1.76. The number of carbonyl (C=O) groups is 1. The summed E-state index contributed by atoms with van der Waals surface area (Å²) in [5, 5.41) is 6.71. The van der Waals surface area contributed by atoms with Gasteiger partial charge in [0.25, 0.3) is 5.91 Å². The third-order valence-corrected chi connectivity index (χ3v) is 4.48. The normalized spacial score (nSPS) is 10.5. The number of aromatic nitrogens is 1. The molecule has 0 radical (unpaired) electrons. The minimum absolute atomic E-state index is 0.230. The smallest absolute Gasteiger partial charge is 0.257 e. The fourth-order valence-electron chi connectivity index (χ4n) is 2.89. The Kier molecular flexibility index (Phi) is 5.38. The molecule has 1 amide bonds. The number of nitrogens with zero attached hydrogens (tertiary/aromatic N) is 1. The highest BCUT2D eigenvalue weighted by atomic mass is 16.5. The Morgan fingerprint density at radius 3 is 2.34 bits per heavy atom. The number of amides is 1. The van der Waals surface area contributed by atoms with E-state index in [0.29, 0.717) is 17.9 Å². The fourth-order valence-corrected chi connectivity index (χ4v) is 2.89. The first-order valence-electron chi connectivity index (χ1n) is 9.31. The average molecular weight is 384 g/mol. The van der Waals surface area contributed by atoms with Crippen LogP contribution in [0.15, 0.2) is 89.6 Å². The van der Waals surface area contributed by atoms with E-state index in [1.807, 2.05) is 85.8 Å². The van der Waals surface area contributed by atoms with Crippen molar-refractivity contribution in [3.63, 3.8) is 0 Å². The Hall–Kier alpha value is -3.86. The Morgan fingerprint density at radius 1 is 0.931 bits per heavy atom. The minimum Gasteiger partial charge on any atom is -0.457 e. The predicted octanol–water partition coefficient (Wildman–Crippen LogP) is 5.37. The summed E-state index contributed by atoms with van der Waals surface area (Å²) < 4.78 is 11.1. The van der Waals surface area contributed by atoms with E-state index in [-0.39, 0.29) is 5.91 Å². The number of benzene rings is 3. The molecule has 0 aliphatic carbocycles. The van der Waals surface area contributed by atoms with E-state index < -0.39 is 0 Å². The highest BCUT2D eigenvalue weighted by molar-refractivity contribution is 5.99. The molecular weight excluding hydrogens is 364 g/mol. The number of hydrogen-bond donors (Lipinski definition) is 1. The summed E-state index contributed by atoms with van der Waals surface area (Å²) in [7, 11) is 0. The van der Waals surface area contributed by atoms with Gasteiger partial charge in [-0.1, -0.05) is 65.3 Å². The lowest BCUT2D eigenvalue weighted by molar-refractivity contribution is 0.0951. The maximum absolute atomic E-state index is 12.6. The zero-order valence-electron chi connectivity index (χ0n) is 16.0. The minimum atomic E-state index is -0.230. The van der Waals surface area contributed by atoms with E-state index in [2.05, 4.69) is 10.5 Å². The van der Waals surface area contributed by atoms with Gasteiger partial charge in [0.2, 0.25) is 0 Å². The van der Waals surface area contributed by atoms with E-state index in [0.717, 1.165) is 28.2 Å². The quantitative estimate of drug-likeness (QED) is 0.485. The highest BCUT2D eigenvalue weighted by Crippen LogP contribution is 2.24. The van der Waals surface area contributed by atoms with Crippen LogP contribution in [0.25, 0.3) is 11.3 Å². The second-order valence-corrected chi connectivity index (χ2v) is 6.68. The van der Waals surface area contributed by atoms with Crippen LogP contribution in [-0.2, 0) is 6.54 Å². The summed E-state index contributed by atoms with van der Waals surface area (Å²) in [4.78, 5) is 12.6. The van der Waals surface area contributed by atoms with E-state index >= 15 is 0 Å². The summed E-state index contributed by atoms with van der Waals surface area (Å²) in [6.07, 6.45) is 1.45. The van der Waals surface area contributed by atoms with Crippen molar-refractivity contribution in [3.8, 4) is 22.8 Å². The van der Waals surface area contributed by atoms with Crippen molar-refractivity contribution in [2.45, 2.75) is 13.5 Å². The number of ether oxygens (including phenoxy) is 1. The third-order valence-electron chi connectivity index (χ3n) is 4.48. The molecule has 0 atom stereocenters. The number of carbonyl (C=O) groups excluding carboxylic acids is 1. The summed E-state index contributed by atoms with van der Waals surface area (Å²) in [6.45, 7) is 2.40. The highest BCUT2D eigenvalue weighted by Gasteiger charge is 2.17. The lowest BCUT2D eigenvalue weighted by Gasteiger charge is -2.08. The van der Waals surface area contributed by atoms with Crippen LogP contribution in [0.5, 0.6) is 11.5 Å². The Morgan fingerprint density at radius 2 is 1.62 bits per heavy atom. The number of rotatable bonds is 6. The monoisotopic (exact) mass is 384 g/mol. The molecule has 0 fully saturated rings. The van der Waals surface area contributed by atoms with Crippen molar-refractivity contribution < 1.29 is 14.1 Å². The van der Waals surface area contributed by atoms with Crippen molar-refractivity contribution in [1.82, 2.24) is 10.5 Å². The molecule has 0 saturated heterocycles. The molecule has 4 aromatic rings. The zero-order chi connectivity index (χ0) is 20.1. The van der Waals surface area contributed by atoms with Crippen LogP contribution in [0.4, 0.5) is 0 Å². The Labute approximate surface area is 168 Å². The molecule has 3 aromatic carbocycles. The second-order valence-electron chi connectivity index (χ2n) is 6.68. The standard InChI is InChI=1S/C24H20N2O3/c1-17-7-11-19(12-8-17)23-22(16-26-29-23)24(27)25-15-18-9-13-21(14-10-18)28-20-5-3-2-4-6-20/h2-14,16H,15H2,1H3,(H,25,27). The van der Waals surface area contributed by atoms with Gasteiger partial charge in [-0.05, 0) is 36.8 Å². The van der Waals surface area contributed by atoms with Crippen LogP contribution in [0, 0.1) is 6.92 Å². The SMILES string of the molecule is Cc1ccc(-c2oncc2C(=O)NCc2ccc(Oc3ccccc3)cc2)cc1. The molecule has 0 bridgehead atoms. The topological polar surface area (TPSA) is 64.4 Å². The Bertz CT molecular complexity index is 1090. The van der Waals surface area contributed by atoms with E-state index in [9.17, 15) is 4.79 Å². The number of nitrogens with one attached hydrogen (secondary N) is 1. The van der Waals surface area contributed by atoms with Crippen molar-refractivity contribution in [2.75, 3.05) is 0 Å². The van der Waals surface area contributed by atoms with E-state index in [4.69, 9.17) is 9.26 Å². The summed E-state index contributed by atoms with van der Waals surface area (Å²) in [6, 6.07) is 25.0. The van der Waals surface area contributed by atoms with Crippen LogP contribution in [0.1, 0.15) is 21.5 Å². The van der Waals surface area contributed by atoms with E-state index in [1.54, 1.807) is 0 Å². The maximum Gasteiger partial charge on any atom is 0.257 e. The number of hydrogen-bond acceptors (Lipinski definition) is 4. The van der Waals surface area contributed by atoms with Gasteiger partial charge in [0.15, 0.2) is 5.76 Å². The van der Waals surface area contributed by atoms with Gasteiger partial charge in [0.05, 0.1) is 6.20 Å². The first-order chi connectivity index (χ1) is 14.2. The van der Waals surface area contributed by atoms with Gasteiger partial charge in [-0.2, -0.15) is 0 Å². The molecule has 0 saturated carbocycles. The molecule has 4 rings (SSSR count). The molecule has 1 N–H and O–H groups in total. The average Bonchev–Trinajstić information content (AvgIpc) is 3.24. The van der Waals surface area contributed by atoms with Gasteiger partial charge in [-0.15, -0.1) is 0 Å². The van der Waals surface area contributed by atoms with Crippen LogP contribution in [-0.4, -0.2) is 11.1 Å². The molecule has 0 spiro atoms. The molecule has 0 unspecified atom stereocenters.